The lowest BCUT2D eigenvalue weighted by Gasteiger charge is -2.14. The van der Waals surface area contributed by atoms with Crippen LogP contribution >= 0.6 is 0 Å². The topological polar surface area (TPSA) is 63.2 Å². The van der Waals surface area contributed by atoms with Gasteiger partial charge in [0.25, 0.3) is 0 Å². The van der Waals surface area contributed by atoms with Gasteiger partial charge in [0.15, 0.2) is 11.6 Å². The summed E-state index contributed by atoms with van der Waals surface area (Å²) in [6, 6.07) is 23.0. The molecule has 0 bridgehead atoms. The van der Waals surface area contributed by atoms with E-state index in [0.29, 0.717) is 22.4 Å². The minimum atomic E-state index is -0.454. The van der Waals surface area contributed by atoms with Gasteiger partial charge in [0, 0.05) is 22.4 Å². The van der Waals surface area contributed by atoms with Gasteiger partial charge in [0.1, 0.15) is 0 Å². The zero-order valence-electron chi connectivity index (χ0n) is 15.8. The molecule has 3 aromatic rings. The normalized spacial score (nSPS) is 11.5. The molecule has 1 N–H and O–H groups in total. The summed E-state index contributed by atoms with van der Waals surface area (Å²) in [6.07, 6.45) is 0. The maximum absolute atomic E-state index is 12.7. The highest BCUT2D eigenvalue weighted by atomic mass is 16.2. The quantitative estimate of drug-likeness (QED) is 0.629. The van der Waals surface area contributed by atoms with Crippen molar-refractivity contribution in [3.8, 4) is 0 Å². The molecule has 0 saturated heterocycles. The number of Topliss-reactive ketones (excluding diaryl/α,β-unsaturated/α-hetero) is 1. The molecule has 1 amide bonds. The average Bonchev–Trinajstić information content (AvgIpc) is 2.73. The van der Waals surface area contributed by atoms with Crippen molar-refractivity contribution >= 4 is 23.2 Å². The fourth-order valence-electron chi connectivity index (χ4n) is 2.92. The van der Waals surface area contributed by atoms with Crippen LogP contribution in [0.1, 0.15) is 51.6 Å². The Balaban J connectivity index is 1.78. The maximum Gasteiger partial charge on any atom is 0.231 e. The molecular weight excluding hydrogens is 350 g/mol. The number of carbonyl (C=O) groups excluding carboxylic acids is 3. The van der Waals surface area contributed by atoms with E-state index in [1.54, 1.807) is 61.5 Å². The van der Waals surface area contributed by atoms with Crippen LogP contribution in [-0.4, -0.2) is 17.5 Å². The Hall–Kier alpha value is -3.53. The van der Waals surface area contributed by atoms with E-state index in [4.69, 9.17) is 0 Å². The summed E-state index contributed by atoms with van der Waals surface area (Å²) < 4.78 is 0. The van der Waals surface area contributed by atoms with Gasteiger partial charge in [-0.05, 0) is 37.6 Å². The SMILES string of the molecule is CC(=O)c1cccc(NC(=O)[C@@H](C)c2cccc(C(=O)c3ccccc3)c2)c1. The summed E-state index contributed by atoms with van der Waals surface area (Å²) >= 11 is 0. The van der Waals surface area contributed by atoms with Gasteiger partial charge in [-0.2, -0.15) is 0 Å². The van der Waals surface area contributed by atoms with Crippen LogP contribution in [0.15, 0.2) is 78.9 Å². The molecule has 0 heterocycles. The number of anilines is 1. The lowest BCUT2D eigenvalue weighted by molar-refractivity contribution is -0.117. The second kappa shape index (κ2) is 8.44. The van der Waals surface area contributed by atoms with E-state index in [9.17, 15) is 14.4 Å². The zero-order valence-corrected chi connectivity index (χ0v) is 15.8. The van der Waals surface area contributed by atoms with Gasteiger partial charge in [-0.3, -0.25) is 14.4 Å². The Morgan fingerprint density at radius 2 is 1.39 bits per heavy atom. The molecule has 0 spiro atoms. The first-order valence-electron chi connectivity index (χ1n) is 9.07. The van der Waals surface area contributed by atoms with Crippen molar-refractivity contribution in [2.45, 2.75) is 19.8 Å². The summed E-state index contributed by atoms with van der Waals surface area (Å²) in [5.74, 6) is -0.796. The molecular formula is C24H21NO3. The van der Waals surface area contributed by atoms with E-state index in [-0.39, 0.29) is 17.5 Å². The molecule has 0 saturated carbocycles. The van der Waals surface area contributed by atoms with Crippen LogP contribution in [0, 0.1) is 0 Å². The first-order valence-corrected chi connectivity index (χ1v) is 9.07. The first kappa shape index (κ1) is 19.2. The summed E-state index contributed by atoms with van der Waals surface area (Å²) in [4.78, 5) is 36.8. The van der Waals surface area contributed by atoms with Crippen LogP contribution in [0.2, 0.25) is 0 Å². The standard InChI is InChI=1S/C24H21NO3/c1-16(24(28)25-22-13-7-11-20(15-22)17(2)26)19-10-6-12-21(14-19)23(27)18-8-4-3-5-9-18/h3-16H,1-2H3,(H,25,28)/t16-/m0/s1. The van der Waals surface area contributed by atoms with E-state index < -0.39 is 5.92 Å². The molecule has 4 nitrogen and oxygen atoms in total. The fraction of sp³-hybridized carbons (Fsp3) is 0.125. The molecule has 0 unspecified atom stereocenters. The van der Waals surface area contributed by atoms with E-state index in [0.717, 1.165) is 5.56 Å². The Kier molecular flexibility index (Phi) is 5.80. The second-order valence-corrected chi connectivity index (χ2v) is 6.67. The number of benzene rings is 3. The maximum atomic E-state index is 12.7. The molecule has 0 aliphatic rings. The number of nitrogens with one attached hydrogen (secondary N) is 1. The predicted octanol–water partition coefficient (Wildman–Crippen LogP) is 4.86. The number of amides is 1. The van der Waals surface area contributed by atoms with Gasteiger partial charge < -0.3 is 5.32 Å². The number of hydrogen-bond donors (Lipinski definition) is 1. The second-order valence-electron chi connectivity index (χ2n) is 6.67. The van der Waals surface area contributed by atoms with Crippen molar-refractivity contribution in [1.29, 1.82) is 0 Å². The lowest BCUT2D eigenvalue weighted by Crippen LogP contribution is -2.19. The largest absolute Gasteiger partial charge is 0.326 e. The van der Waals surface area contributed by atoms with E-state index in [2.05, 4.69) is 5.32 Å². The monoisotopic (exact) mass is 371 g/mol. The number of carbonyl (C=O) groups is 3. The number of ketones is 2. The summed E-state index contributed by atoms with van der Waals surface area (Å²) in [5, 5.41) is 2.84. The van der Waals surface area contributed by atoms with Crippen LogP contribution in [0.5, 0.6) is 0 Å². The van der Waals surface area contributed by atoms with Gasteiger partial charge in [0.05, 0.1) is 5.92 Å². The number of rotatable bonds is 6. The molecule has 140 valence electrons. The molecule has 0 aliphatic heterocycles. The highest BCUT2D eigenvalue weighted by Crippen LogP contribution is 2.21. The van der Waals surface area contributed by atoms with Crippen LogP contribution in [0.25, 0.3) is 0 Å². The molecule has 3 aromatic carbocycles. The zero-order chi connectivity index (χ0) is 20.1. The molecule has 4 heteroatoms. The first-order chi connectivity index (χ1) is 13.5. The summed E-state index contributed by atoms with van der Waals surface area (Å²) in [5.41, 5.74) is 3.02. The van der Waals surface area contributed by atoms with E-state index in [1.165, 1.54) is 6.92 Å². The van der Waals surface area contributed by atoms with Gasteiger partial charge in [-0.15, -0.1) is 0 Å². The van der Waals surface area contributed by atoms with Crippen LogP contribution in [0.4, 0.5) is 5.69 Å². The van der Waals surface area contributed by atoms with Crippen molar-refractivity contribution in [3.05, 3.63) is 101 Å². The molecule has 3 rings (SSSR count). The minimum Gasteiger partial charge on any atom is -0.326 e. The Labute approximate surface area is 164 Å². The van der Waals surface area contributed by atoms with Gasteiger partial charge >= 0.3 is 0 Å². The van der Waals surface area contributed by atoms with E-state index >= 15 is 0 Å². The van der Waals surface area contributed by atoms with E-state index in [1.807, 2.05) is 24.3 Å². The Bertz CT molecular complexity index is 1020. The third kappa shape index (κ3) is 4.41. The van der Waals surface area contributed by atoms with Gasteiger partial charge in [-0.25, -0.2) is 0 Å². The summed E-state index contributed by atoms with van der Waals surface area (Å²) in [6.45, 7) is 3.27. The van der Waals surface area contributed by atoms with Crippen molar-refractivity contribution < 1.29 is 14.4 Å². The smallest absolute Gasteiger partial charge is 0.231 e. The van der Waals surface area contributed by atoms with Crippen molar-refractivity contribution in [3.63, 3.8) is 0 Å². The van der Waals surface area contributed by atoms with Gasteiger partial charge in [0.2, 0.25) is 5.91 Å². The Morgan fingerprint density at radius 3 is 2.11 bits per heavy atom. The van der Waals surface area contributed by atoms with Crippen LogP contribution in [-0.2, 0) is 4.79 Å². The number of hydrogen-bond acceptors (Lipinski definition) is 3. The highest BCUT2D eigenvalue weighted by Gasteiger charge is 2.18. The molecule has 0 aliphatic carbocycles. The highest BCUT2D eigenvalue weighted by molar-refractivity contribution is 6.09. The predicted molar refractivity (Wildman–Crippen MR) is 110 cm³/mol. The van der Waals surface area contributed by atoms with Gasteiger partial charge in [-0.1, -0.05) is 60.7 Å². The molecule has 0 fully saturated rings. The van der Waals surface area contributed by atoms with Crippen molar-refractivity contribution in [2.24, 2.45) is 0 Å². The molecule has 1 atom stereocenters. The lowest BCUT2D eigenvalue weighted by atomic mass is 9.95. The Morgan fingerprint density at radius 1 is 0.750 bits per heavy atom. The minimum absolute atomic E-state index is 0.0590. The van der Waals surface area contributed by atoms with Crippen LogP contribution < -0.4 is 5.32 Å². The average molecular weight is 371 g/mol. The van der Waals surface area contributed by atoms with Crippen molar-refractivity contribution in [1.82, 2.24) is 0 Å². The third-order valence-corrected chi connectivity index (χ3v) is 4.61. The molecule has 0 radical (unpaired) electrons. The van der Waals surface area contributed by atoms with Crippen LogP contribution in [0.3, 0.4) is 0 Å². The third-order valence-electron chi connectivity index (χ3n) is 4.61. The fourth-order valence-corrected chi connectivity index (χ4v) is 2.92. The molecule has 28 heavy (non-hydrogen) atoms. The summed E-state index contributed by atoms with van der Waals surface area (Å²) in [7, 11) is 0. The molecule has 0 aromatic heterocycles. The van der Waals surface area contributed by atoms with Crippen molar-refractivity contribution in [2.75, 3.05) is 5.32 Å².